The van der Waals surface area contributed by atoms with E-state index in [2.05, 4.69) is 78.1 Å². The van der Waals surface area contributed by atoms with Crippen LogP contribution in [0.25, 0.3) is 0 Å². The zero-order chi connectivity index (χ0) is 19.1. The van der Waals surface area contributed by atoms with E-state index >= 15 is 0 Å². The zero-order valence-corrected chi connectivity index (χ0v) is 16.5. The molecule has 136 valence electrons. The van der Waals surface area contributed by atoms with Crippen LogP contribution in [0.2, 0.25) is 10.0 Å². The SMILES string of the molecule is Clc1ccc(C2(c3ccc(Cl)cc3)c3ccccc3Nc3ccccc32)cc1. The van der Waals surface area contributed by atoms with Gasteiger partial charge in [0.2, 0.25) is 0 Å². The molecule has 1 N–H and O–H groups in total. The average Bonchev–Trinajstić information content (AvgIpc) is 2.73. The third-order valence-corrected chi connectivity index (χ3v) is 5.99. The lowest BCUT2D eigenvalue weighted by molar-refractivity contribution is 0.740. The molecule has 0 radical (unpaired) electrons. The summed E-state index contributed by atoms with van der Waals surface area (Å²) in [6.45, 7) is 0. The molecule has 4 aromatic rings. The van der Waals surface area contributed by atoms with Crippen molar-refractivity contribution >= 4 is 34.6 Å². The van der Waals surface area contributed by atoms with Gasteiger partial charge < -0.3 is 5.32 Å². The summed E-state index contributed by atoms with van der Waals surface area (Å²) in [5.41, 5.74) is 6.49. The molecule has 0 saturated heterocycles. The maximum Gasteiger partial charge on any atom is 0.0741 e. The van der Waals surface area contributed by atoms with Gasteiger partial charge in [0, 0.05) is 21.4 Å². The number of hydrogen-bond acceptors (Lipinski definition) is 1. The monoisotopic (exact) mass is 401 g/mol. The Morgan fingerprint density at radius 2 is 0.893 bits per heavy atom. The second kappa shape index (κ2) is 6.70. The molecule has 0 bridgehead atoms. The molecule has 0 saturated carbocycles. The van der Waals surface area contributed by atoms with Gasteiger partial charge in [0.1, 0.15) is 0 Å². The highest BCUT2D eigenvalue weighted by atomic mass is 35.5. The highest BCUT2D eigenvalue weighted by molar-refractivity contribution is 6.30. The van der Waals surface area contributed by atoms with Crippen LogP contribution in [0.1, 0.15) is 22.3 Å². The molecule has 0 aromatic heterocycles. The lowest BCUT2D eigenvalue weighted by Crippen LogP contribution is -2.35. The summed E-state index contributed by atoms with van der Waals surface area (Å²) < 4.78 is 0. The molecule has 0 amide bonds. The van der Waals surface area contributed by atoms with E-state index in [4.69, 9.17) is 23.2 Å². The van der Waals surface area contributed by atoms with E-state index in [9.17, 15) is 0 Å². The number of hydrogen-bond donors (Lipinski definition) is 1. The van der Waals surface area contributed by atoms with E-state index in [1.165, 1.54) is 22.3 Å². The lowest BCUT2D eigenvalue weighted by atomic mass is 9.63. The number of nitrogens with one attached hydrogen (secondary N) is 1. The van der Waals surface area contributed by atoms with Crippen molar-refractivity contribution in [3.05, 3.63) is 129 Å². The van der Waals surface area contributed by atoms with Gasteiger partial charge in [-0.2, -0.15) is 0 Å². The minimum Gasteiger partial charge on any atom is -0.355 e. The van der Waals surface area contributed by atoms with Crippen molar-refractivity contribution < 1.29 is 0 Å². The second-order valence-electron chi connectivity index (χ2n) is 6.98. The highest BCUT2D eigenvalue weighted by Crippen LogP contribution is 2.53. The Hall–Kier alpha value is -2.74. The number of fused-ring (bicyclic) bond motifs is 2. The first-order chi connectivity index (χ1) is 13.7. The molecular weight excluding hydrogens is 385 g/mol. The van der Waals surface area contributed by atoms with Gasteiger partial charge in [-0.3, -0.25) is 0 Å². The van der Waals surface area contributed by atoms with Crippen molar-refractivity contribution in [1.29, 1.82) is 0 Å². The summed E-state index contributed by atoms with van der Waals surface area (Å²) in [4.78, 5) is 0. The summed E-state index contributed by atoms with van der Waals surface area (Å²) in [7, 11) is 0. The minimum absolute atomic E-state index is 0.465. The molecule has 1 aliphatic heterocycles. The van der Waals surface area contributed by atoms with Crippen LogP contribution < -0.4 is 5.32 Å². The predicted molar refractivity (Wildman–Crippen MR) is 118 cm³/mol. The van der Waals surface area contributed by atoms with Gasteiger partial charge in [0.15, 0.2) is 0 Å². The van der Waals surface area contributed by atoms with Crippen molar-refractivity contribution in [1.82, 2.24) is 0 Å². The minimum atomic E-state index is -0.465. The maximum absolute atomic E-state index is 6.23. The van der Waals surface area contributed by atoms with Gasteiger partial charge >= 0.3 is 0 Å². The second-order valence-corrected chi connectivity index (χ2v) is 7.85. The summed E-state index contributed by atoms with van der Waals surface area (Å²) >= 11 is 12.5. The first-order valence-electron chi connectivity index (χ1n) is 9.18. The zero-order valence-electron chi connectivity index (χ0n) is 15.0. The summed E-state index contributed by atoms with van der Waals surface area (Å²) in [6.07, 6.45) is 0. The topological polar surface area (TPSA) is 12.0 Å². The number of anilines is 2. The van der Waals surface area contributed by atoms with E-state index in [1.54, 1.807) is 0 Å². The van der Waals surface area contributed by atoms with E-state index in [1.807, 2.05) is 24.3 Å². The van der Waals surface area contributed by atoms with Gasteiger partial charge in [-0.15, -0.1) is 0 Å². The number of benzene rings is 4. The first kappa shape index (κ1) is 17.4. The molecule has 0 unspecified atom stereocenters. The fourth-order valence-corrected chi connectivity index (χ4v) is 4.57. The maximum atomic E-state index is 6.23. The van der Waals surface area contributed by atoms with Gasteiger partial charge in [-0.05, 0) is 58.7 Å². The smallest absolute Gasteiger partial charge is 0.0741 e. The molecular formula is C25H17Cl2N. The molecule has 3 heteroatoms. The Bertz CT molecular complexity index is 1050. The Kier molecular flexibility index (Phi) is 4.16. The molecule has 1 aliphatic rings. The van der Waals surface area contributed by atoms with Crippen LogP contribution in [0.15, 0.2) is 97.1 Å². The van der Waals surface area contributed by atoms with E-state index in [0.29, 0.717) is 0 Å². The van der Waals surface area contributed by atoms with Crippen molar-refractivity contribution in [3.63, 3.8) is 0 Å². The fourth-order valence-electron chi connectivity index (χ4n) is 4.32. The fraction of sp³-hybridized carbons (Fsp3) is 0.0400. The standard InChI is InChI=1S/C25H17Cl2N/c26-19-13-9-17(10-14-19)25(18-11-15-20(27)16-12-18)21-5-1-3-7-23(21)28-24-8-4-2-6-22(24)25/h1-16,28H. The lowest BCUT2D eigenvalue weighted by Gasteiger charge is -2.42. The Balaban J connectivity index is 1.94. The van der Waals surface area contributed by atoms with Crippen LogP contribution in [0.5, 0.6) is 0 Å². The Labute approximate surface area is 174 Å². The number of rotatable bonds is 2. The van der Waals surface area contributed by atoms with Crippen LogP contribution in [-0.2, 0) is 5.41 Å². The van der Waals surface area contributed by atoms with E-state index in [-0.39, 0.29) is 0 Å². The quantitative estimate of drug-likeness (QED) is 0.324. The largest absolute Gasteiger partial charge is 0.355 e. The molecule has 0 atom stereocenters. The van der Waals surface area contributed by atoms with Crippen molar-refractivity contribution in [2.24, 2.45) is 0 Å². The van der Waals surface area contributed by atoms with Crippen molar-refractivity contribution in [2.45, 2.75) is 5.41 Å². The van der Waals surface area contributed by atoms with Gasteiger partial charge in [-0.1, -0.05) is 83.9 Å². The normalized spacial score (nSPS) is 13.9. The molecule has 28 heavy (non-hydrogen) atoms. The molecule has 5 rings (SSSR count). The Morgan fingerprint density at radius 3 is 1.32 bits per heavy atom. The van der Waals surface area contributed by atoms with Gasteiger partial charge in [0.05, 0.1) is 5.41 Å². The predicted octanol–water partition coefficient (Wildman–Crippen LogP) is 7.43. The van der Waals surface area contributed by atoms with E-state index in [0.717, 1.165) is 21.4 Å². The summed E-state index contributed by atoms with van der Waals surface area (Å²) in [5, 5.41) is 5.06. The van der Waals surface area contributed by atoms with Crippen molar-refractivity contribution in [2.75, 3.05) is 5.32 Å². The van der Waals surface area contributed by atoms with Gasteiger partial charge in [0.25, 0.3) is 0 Å². The molecule has 0 spiro atoms. The molecule has 1 heterocycles. The van der Waals surface area contributed by atoms with Crippen LogP contribution >= 0.6 is 23.2 Å². The van der Waals surface area contributed by atoms with Crippen LogP contribution in [0, 0.1) is 0 Å². The van der Waals surface area contributed by atoms with Gasteiger partial charge in [-0.25, -0.2) is 0 Å². The number of halogens is 2. The van der Waals surface area contributed by atoms with Crippen molar-refractivity contribution in [3.8, 4) is 0 Å². The number of para-hydroxylation sites is 2. The third-order valence-electron chi connectivity index (χ3n) is 5.49. The third kappa shape index (κ3) is 2.55. The Morgan fingerprint density at radius 1 is 0.500 bits per heavy atom. The summed E-state index contributed by atoms with van der Waals surface area (Å²) in [6, 6.07) is 33.3. The molecule has 1 nitrogen and oxygen atoms in total. The highest BCUT2D eigenvalue weighted by Gasteiger charge is 2.43. The molecule has 0 fully saturated rings. The van der Waals surface area contributed by atoms with Crippen LogP contribution in [0.4, 0.5) is 11.4 Å². The molecule has 4 aromatic carbocycles. The average molecular weight is 402 g/mol. The summed E-state index contributed by atoms with van der Waals surface area (Å²) in [5.74, 6) is 0. The van der Waals surface area contributed by atoms with Crippen LogP contribution in [0.3, 0.4) is 0 Å². The van der Waals surface area contributed by atoms with E-state index < -0.39 is 5.41 Å². The van der Waals surface area contributed by atoms with Crippen LogP contribution in [-0.4, -0.2) is 0 Å². The molecule has 0 aliphatic carbocycles. The first-order valence-corrected chi connectivity index (χ1v) is 9.93.